The quantitative estimate of drug-likeness (QED) is 0.725. The Labute approximate surface area is 177 Å². The first-order valence-corrected chi connectivity index (χ1v) is 12.1. The summed E-state index contributed by atoms with van der Waals surface area (Å²) in [6.45, 7) is 3.42. The Bertz CT molecular complexity index is 1120. The second-order valence-electron chi connectivity index (χ2n) is 8.39. The van der Waals surface area contributed by atoms with Crippen molar-refractivity contribution < 1.29 is 17.9 Å². The van der Waals surface area contributed by atoms with E-state index in [1.54, 1.807) is 18.2 Å². The molecule has 2 aliphatic heterocycles. The van der Waals surface area contributed by atoms with Crippen molar-refractivity contribution in [3.05, 3.63) is 52.1 Å². The second-order valence-corrected chi connectivity index (χ2v) is 10.5. The second kappa shape index (κ2) is 7.48. The van der Waals surface area contributed by atoms with Crippen LogP contribution in [0, 0.1) is 0 Å². The molecule has 158 valence electrons. The minimum Gasteiger partial charge on any atom is -0.359 e. The summed E-state index contributed by atoms with van der Waals surface area (Å²) in [7, 11) is -3.65. The molecule has 6 nitrogen and oxygen atoms in total. The van der Waals surface area contributed by atoms with E-state index in [9.17, 15) is 13.2 Å². The van der Waals surface area contributed by atoms with Crippen molar-refractivity contribution in [2.45, 2.75) is 49.4 Å². The van der Waals surface area contributed by atoms with E-state index in [1.807, 2.05) is 6.08 Å². The number of hydrogen-bond acceptors (Lipinski definition) is 5. The summed E-state index contributed by atoms with van der Waals surface area (Å²) in [5.74, 6) is -0.180. The van der Waals surface area contributed by atoms with Gasteiger partial charge in [0.1, 0.15) is 0 Å². The summed E-state index contributed by atoms with van der Waals surface area (Å²) in [5, 5.41) is 5.94. The third-order valence-corrected chi connectivity index (χ3v) is 8.49. The first-order valence-electron chi connectivity index (χ1n) is 10.6. The number of hydrogen-bond donors (Lipinski definition) is 2. The monoisotopic (exact) mass is 426 g/mol. The zero-order valence-electron chi connectivity index (χ0n) is 17.1. The Morgan fingerprint density at radius 3 is 2.80 bits per heavy atom. The summed E-state index contributed by atoms with van der Waals surface area (Å²) >= 11 is 0. The molecule has 0 spiro atoms. The number of benzene rings is 1. The van der Waals surface area contributed by atoms with Crippen LogP contribution in [0.4, 0.5) is 5.69 Å². The first-order chi connectivity index (χ1) is 14.4. The average Bonchev–Trinajstić information content (AvgIpc) is 3.25. The molecule has 1 fully saturated rings. The van der Waals surface area contributed by atoms with Gasteiger partial charge in [0, 0.05) is 29.9 Å². The molecule has 1 amide bonds. The van der Waals surface area contributed by atoms with Crippen molar-refractivity contribution >= 4 is 27.0 Å². The lowest BCUT2D eigenvalue weighted by molar-refractivity contribution is -0.110. The fraction of sp³-hybridized carbons (Fsp3) is 0.435. The van der Waals surface area contributed by atoms with Crippen molar-refractivity contribution in [1.82, 2.24) is 5.32 Å². The minimum atomic E-state index is -3.65. The summed E-state index contributed by atoms with van der Waals surface area (Å²) in [6, 6.07) is 4.84. The molecule has 2 heterocycles. The van der Waals surface area contributed by atoms with E-state index in [1.165, 1.54) is 35.1 Å². The molecule has 0 aromatic heterocycles. The fourth-order valence-corrected chi connectivity index (χ4v) is 6.34. The Morgan fingerprint density at radius 1 is 1.20 bits per heavy atom. The van der Waals surface area contributed by atoms with Gasteiger partial charge in [-0.25, -0.2) is 8.42 Å². The molecule has 0 saturated carbocycles. The van der Waals surface area contributed by atoms with E-state index in [0.717, 1.165) is 19.3 Å². The molecule has 4 aliphatic rings. The van der Waals surface area contributed by atoms with Crippen molar-refractivity contribution in [1.29, 1.82) is 0 Å². The number of sulfone groups is 1. The van der Waals surface area contributed by atoms with Gasteiger partial charge in [0.25, 0.3) is 5.91 Å². The highest BCUT2D eigenvalue weighted by Gasteiger charge is 2.33. The van der Waals surface area contributed by atoms with Gasteiger partial charge in [-0.2, -0.15) is 0 Å². The van der Waals surface area contributed by atoms with Crippen LogP contribution in [0.5, 0.6) is 0 Å². The number of nitrogens with one attached hydrogen (secondary N) is 2. The van der Waals surface area contributed by atoms with E-state index in [-0.39, 0.29) is 17.3 Å². The van der Waals surface area contributed by atoms with E-state index < -0.39 is 15.3 Å². The number of morpholine rings is 1. The van der Waals surface area contributed by atoms with Gasteiger partial charge in [-0.1, -0.05) is 5.57 Å². The van der Waals surface area contributed by atoms with Crippen LogP contribution < -0.4 is 10.6 Å². The molecule has 2 aliphatic carbocycles. The van der Waals surface area contributed by atoms with Crippen LogP contribution in [-0.4, -0.2) is 39.5 Å². The molecule has 30 heavy (non-hydrogen) atoms. The van der Waals surface area contributed by atoms with Crippen LogP contribution >= 0.6 is 0 Å². The summed E-state index contributed by atoms with van der Waals surface area (Å²) in [4.78, 5) is 12.9. The lowest BCUT2D eigenvalue weighted by atomic mass is 9.91. The Hall–Kier alpha value is -2.22. The van der Waals surface area contributed by atoms with Crippen molar-refractivity contribution in [3.8, 4) is 0 Å². The third-order valence-electron chi connectivity index (χ3n) is 6.58. The summed E-state index contributed by atoms with van der Waals surface area (Å²) in [6.07, 6.45) is 7.58. The molecular weight excluding hydrogens is 400 g/mol. The van der Waals surface area contributed by atoms with E-state index in [4.69, 9.17) is 4.74 Å². The highest BCUT2D eigenvalue weighted by Crippen LogP contribution is 2.43. The predicted molar refractivity (Wildman–Crippen MR) is 116 cm³/mol. The number of allylic oxidation sites excluding steroid dienone is 5. The molecule has 7 heteroatoms. The zero-order chi connectivity index (χ0) is 20.9. The van der Waals surface area contributed by atoms with Crippen LogP contribution in [0.3, 0.4) is 0 Å². The van der Waals surface area contributed by atoms with Crippen LogP contribution in [0.1, 0.15) is 44.6 Å². The first kappa shape index (κ1) is 19.7. The van der Waals surface area contributed by atoms with Crippen LogP contribution in [-0.2, 0) is 19.4 Å². The molecule has 1 saturated heterocycles. The predicted octanol–water partition coefficient (Wildman–Crippen LogP) is 3.33. The number of ether oxygens (including phenoxy) is 1. The fourth-order valence-electron chi connectivity index (χ4n) is 4.89. The molecule has 5 rings (SSSR count). The van der Waals surface area contributed by atoms with Gasteiger partial charge in [-0.05, 0) is 80.0 Å². The van der Waals surface area contributed by atoms with Gasteiger partial charge in [0.05, 0.1) is 11.5 Å². The third kappa shape index (κ3) is 3.25. The van der Waals surface area contributed by atoms with Gasteiger partial charge < -0.3 is 15.4 Å². The zero-order valence-corrected chi connectivity index (χ0v) is 17.9. The summed E-state index contributed by atoms with van der Waals surface area (Å²) < 4.78 is 31.6. The number of fused-ring (bicyclic) bond motifs is 1. The van der Waals surface area contributed by atoms with E-state index >= 15 is 0 Å². The van der Waals surface area contributed by atoms with Gasteiger partial charge >= 0.3 is 0 Å². The SMILES string of the molecule is CC1=C(C=C2C(=O)Nc3ccc(S(=O)(=O)C4CNCCO4)cc32)CC2=C1CCCC2. The normalized spacial score (nSPS) is 25.6. The van der Waals surface area contributed by atoms with Crippen LogP contribution in [0.2, 0.25) is 0 Å². The van der Waals surface area contributed by atoms with Gasteiger partial charge in [0.2, 0.25) is 9.84 Å². The molecule has 1 aromatic carbocycles. The Kier molecular flexibility index (Phi) is 4.92. The molecular formula is C23H26N2O4S. The topological polar surface area (TPSA) is 84.5 Å². The average molecular weight is 427 g/mol. The maximum Gasteiger partial charge on any atom is 0.256 e. The van der Waals surface area contributed by atoms with Crippen LogP contribution in [0.15, 0.2) is 51.5 Å². The Balaban J connectivity index is 1.51. The maximum absolute atomic E-state index is 13.0. The number of anilines is 1. The highest BCUT2D eigenvalue weighted by molar-refractivity contribution is 7.92. The maximum atomic E-state index is 13.0. The molecule has 2 N–H and O–H groups in total. The number of carbonyl (C=O) groups excluding carboxylic acids is 1. The van der Waals surface area contributed by atoms with E-state index in [2.05, 4.69) is 17.6 Å². The Morgan fingerprint density at radius 2 is 2.03 bits per heavy atom. The molecule has 1 atom stereocenters. The standard InChI is InChI=1S/C23H26N2O4S/c1-14-16(10-15-4-2-3-5-18(14)15)11-20-19-12-17(6-7-21(19)25-23(20)26)30(27,28)22-13-24-8-9-29-22/h6-7,11-12,22,24H,2-5,8-10,13H2,1H3,(H,25,26). The lowest BCUT2D eigenvalue weighted by Crippen LogP contribution is -2.43. The van der Waals surface area contributed by atoms with Crippen molar-refractivity contribution in [3.63, 3.8) is 0 Å². The number of rotatable bonds is 3. The molecule has 1 aromatic rings. The smallest absolute Gasteiger partial charge is 0.256 e. The molecule has 0 bridgehead atoms. The number of carbonyl (C=O) groups is 1. The molecule has 0 radical (unpaired) electrons. The van der Waals surface area contributed by atoms with Crippen molar-refractivity contribution in [2.24, 2.45) is 0 Å². The minimum absolute atomic E-state index is 0.180. The van der Waals surface area contributed by atoms with Crippen LogP contribution in [0.25, 0.3) is 5.57 Å². The summed E-state index contributed by atoms with van der Waals surface area (Å²) in [5.41, 5.74) is 6.36. The van der Waals surface area contributed by atoms with Gasteiger partial charge in [0.15, 0.2) is 5.44 Å². The molecule has 1 unspecified atom stereocenters. The van der Waals surface area contributed by atoms with Gasteiger partial charge in [-0.15, -0.1) is 0 Å². The largest absolute Gasteiger partial charge is 0.359 e. The van der Waals surface area contributed by atoms with E-state index in [0.29, 0.717) is 30.0 Å². The lowest BCUT2D eigenvalue weighted by Gasteiger charge is -2.23. The number of amides is 1. The van der Waals surface area contributed by atoms with Gasteiger partial charge in [-0.3, -0.25) is 4.79 Å². The van der Waals surface area contributed by atoms with Crippen molar-refractivity contribution in [2.75, 3.05) is 25.0 Å². The highest BCUT2D eigenvalue weighted by atomic mass is 32.2.